The van der Waals surface area contributed by atoms with Gasteiger partial charge in [0.2, 0.25) is 0 Å². The Labute approximate surface area is 140 Å². The second-order valence-corrected chi connectivity index (χ2v) is 9.44. The Morgan fingerprint density at radius 1 is 1.09 bits per heavy atom. The van der Waals surface area contributed by atoms with Crippen LogP contribution in [-0.2, 0) is 4.79 Å². The zero-order valence-electron chi connectivity index (χ0n) is 15.0. The molecule has 0 aromatic carbocycles. The normalized spacial score (nSPS) is 50.6. The first-order valence-electron chi connectivity index (χ1n) is 9.78. The molecule has 0 heterocycles. The Morgan fingerprint density at radius 3 is 2.61 bits per heavy atom. The van der Waals surface area contributed by atoms with Gasteiger partial charge in [-0.15, -0.1) is 0 Å². The molecule has 23 heavy (non-hydrogen) atoms. The summed E-state index contributed by atoms with van der Waals surface area (Å²) in [6.07, 6.45) is 11.1. The summed E-state index contributed by atoms with van der Waals surface area (Å²) < 4.78 is 0. The highest BCUT2D eigenvalue weighted by Gasteiger charge is 2.59. The van der Waals surface area contributed by atoms with Crippen molar-refractivity contribution in [2.24, 2.45) is 34.5 Å². The maximum absolute atomic E-state index is 11.9. The molecule has 0 aromatic heterocycles. The summed E-state index contributed by atoms with van der Waals surface area (Å²) in [5.74, 6) is 3.21. The molecule has 3 saturated carbocycles. The number of rotatable bonds is 1. The van der Waals surface area contributed by atoms with E-state index < -0.39 is 0 Å². The van der Waals surface area contributed by atoms with Crippen molar-refractivity contribution in [3.8, 4) is 0 Å². The summed E-state index contributed by atoms with van der Waals surface area (Å²) in [7, 11) is 0. The summed E-state index contributed by atoms with van der Waals surface area (Å²) in [5.41, 5.74) is 2.09. The Bertz CT molecular complexity index is 548. The van der Waals surface area contributed by atoms with E-state index in [9.17, 15) is 9.90 Å². The highest BCUT2D eigenvalue weighted by molar-refractivity contribution is 5.91. The van der Waals surface area contributed by atoms with Gasteiger partial charge in [-0.3, -0.25) is 4.79 Å². The quantitative estimate of drug-likeness (QED) is 0.772. The van der Waals surface area contributed by atoms with Crippen LogP contribution in [0.3, 0.4) is 0 Å². The van der Waals surface area contributed by atoms with Crippen LogP contribution in [0.25, 0.3) is 0 Å². The minimum absolute atomic E-state index is 0.163. The highest BCUT2D eigenvalue weighted by atomic mass is 16.3. The molecule has 0 aromatic rings. The average molecular weight is 316 g/mol. The topological polar surface area (TPSA) is 37.3 Å². The fraction of sp³-hybridized carbons (Fsp3) is 0.857. The van der Waals surface area contributed by atoms with Gasteiger partial charge in [-0.05, 0) is 92.4 Å². The molecule has 1 N–H and O–H groups in total. The van der Waals surface area contributed by atoms with Gasteiger partial charge < -0.3 is 5.11 Å². The van der Waals surface area contributed by atoms with Gasteiger partial charge in [0.15, 0.2) is 5.78 Å². The molecule has 128 valence electrons. The lowest BCUT2D eigenvalue weighted by Crippen LogP contribution is -2.51. The fourth-order valence-electron chi connectivity index (χ4n) is 7.39. The van der Waals surface area contributed by atoms with Crippen LogP contribution >= 0.6 is 0 Å². The molecule has 4 rings (SSSR count). The minimum Gasteiger partial charge on any atom is -0.393 e. The van der Waals surface area contributed by atoms with Gasteiger partial charge in [0, 0.05) is 6.42 Å². The molecule has 0 amide bonds. The van der Waals surface area contributed by atoms with Crippen molar-refractivity contribution in [1.82, 2.24) is 0 Å². The van der Waals surface area contributed by atoms with E-state index in [1.165, 1.54) is 37.7 Å². The minimum atomic E-state index is -0.163. The average Bonchev–Trinajstić information content (AvgIpc) is 2.85. The number of allylic oxidation sites excluding steroid dienone is 1. The molecule has 4 aliphatic rings. The van der Waals surface area contributed by atoms with Crippen molar-refractivity contribution >= 4 is 5.78 Å². The van der Waals surface area contributed by atoms with Crippen LogP contribution in [0.4, 0.5) is 0 Å². The Morgan fingerprint density at radius 2 is 1.87 bits per heavy atom. The first-order valence-corrected chi connectivity index (χ1v) is 9.78. The van der Waals surface area contributed by atoms with Crippen molar-refractivity contribution in [2.45, 2.75) is 78.2 Å². The van der Waals surface area contributed by atoms with Gasteiger partial charge in [-0.25, -0.2) is 0 Å². The third kappa shape index (κ3) is 2.13. The molecule has 0 saturated heterocycles. The van der Waals surface area contributed by atoms with Crippen LogP contribution in [0.1, 0.15) is 72.1 Å². The smallest absolute Gasteiger partial charge is 0.155 e. The van der Waals surface area contributed by atoms with Gasteiger partial charge in [-0.1, -0.05) is 19.4 Å². The summed E-state index contributed by atoms with van der Waals surface area (Å²) in [5, 5.41) is 10.3. The van der Waals surface area contributed by atoms with E-state index in [1.54, 1.807) is 0 Å². The largest absolute Gasteiger partial charge is 0.393 e. The maximum atomic E-state index is 11.9. The Kier molecular flexibility index (Phi) is 3.58. The zero-order valence-corrected chi connectivity index (χ0v) is 15.0. The van der Waals surface area contributed by atoms with Crippen molar-refractivity contribution in [2.75, 3.05) is 0 Å². The predicted octanol–water partition coefficient (Wildman–Crippen LogP) is 4.52. The summed E-state index contributed by atoms with van der Waals surface area (Å²) in [4.78, 5) is 11.9. The monoisotopic (exact) mass is 316 g/mol. The number of carbonyl (C=O) groups is 1. The molecule has 0 bridgehead atoms. The first kappa shape index (κ1) is 15.9. The number of ketones is 1. The number of carbonyl (C=O) groups excluding carboxylic acids is 1. The van der Waals surface area contributed by atoms with E-state index in [4.69, 9.17) is 0 Å². The van der Waals surface area contributed by atoms with E-state index in [2.05, 4.69) is 13.8 Å². The van der Waals surface area contributed by atoms with E-state index in [1.807, 2.05) is 13.0 Å². The van der Waals surface area contributed by atoms with Gasteiger partial charge in [0.25, 0.3) is 0 Å². The van der Waals surface area contributed by atoms with Crippen LogP contribution in [-0.4, -0.2) is 17.0 Å². The van der Waals surface area contributed by atoms with Crippen molar-refractivity contribution < 1.29 is 9.90 Å². The van der Waals surface area contributed by atoms with E-state index in [-0.39, 0.29) is 11.5 Å². The predicted molar refractivity (Wildman–Crippen MR) is 91.9 cm³/mol. The highest BCUT2D eigenvalue weighted by Crippen LogP contribution is 2.66. The first-order chi connectivity index (χ1) is 10.9. The Balaban J connectivity index is 1.66. The molecular formula is C21H32O2. The molecule has 4 aliphatic carbocycles. The lowest BCUT2D eigenvalue weighted by Gasteiger charge is -2.58. The molecule has 0 radical (unpaired) electrons. The molecular weight excluding hydrogens is 284 g/mol. The number of fused-ring (bicyclic) bond motifs is 5. The fourth-order valence-corrected chi connectivity index (χ4v) is 7.39. The van der Waals surface area contributed by atoms with E-state index in [0.717, 1.165) is 37.0 Å². The standard InChI is InChI=1S/C21H32O2/c1-13(22)17-6-7-18-16-5-4-14-12-15(23)8-10-20(14,2)19(16)9-11-21(17,18)3/h12-13,16-19,22H,4-11H2,1-3H3/t13-,16-,17?,18-,19-,20-,21+/m0/s1. The summed E-state index contributed by atoms with van der Waals surface area (Å²) in [6, 6.07) is 0. The van der Waals surface area contributed by atoms with Crippen LogP contribution < -0.4 is 0 Å². The second-order valence-electron chi connectivity index (χ2n) is 9.44. The molecule has 2 nitrogen and oxygen atoms in total. The molecule has 2 heteroatoms. The SMILES string of the molecule is C[C@H](O)C1CC[C@H]2[C@@H]3CCC4=CC(=O)CC[C@]4(C)[C@H]3CC[C@]12C. The van der Waals surface area contributed by atoms with Crippen LogP contribution in [0.2, 0.25) is 0 Å². The van der Waals surface area contributed by atoms with Crippen LogP contribution in [0.15, 0.2) is 11.6 Å². The third-order valence-electron chi connectivity index (χ3n) is 8.62. The molecule has 0 spiro atoms. The van der Waals surface area contributed by atoms with Crippen molar-refractivity contribution in [1.29, 1.82) is 0 Å². The van der Waals surface area contributed by atoms with Gasteiger partial charge >= 0.3 is 0 Å². The van der Waals surface area contributed by atoms with Crippen LogP contribution in [0.5, 0.6) is 0 Å². The molecule has 0 aliphatic heterocycles. The Hall–Kier alpha value is -0.630. The van der Waals surface area contributed by atoms with Crippen LogP contribution in [0, 0.1) is 34.5 Å². The molecule has 7 atom stereocenters. The van der Waals surface area contributed by atoms with Crippen molar-refractivity contribution in [3.63, 3.8) is 0 Å². The zero-order chi connectivity index (χ0) is 16.4. The van der Waals surface area contributed by atoms with E-state index >= 15 is 0 Å². The number of hydrogen-bond donors (Lipinski definition) is 1. The summed E-state index contributed by atoms with van der Waals surface area (Å²) >= 11 is 0. The number of aliphatic hydroxyl groups is 1. The van der Waals surface area contributed by atoms with Gasteiger partial charge in [0.1, 0.15) is 0 Å². The lowest BCUT2D eigenvalue weighted by atomic mass is 9.46. The molecule has 3 fully saturated rings. The second kappa shape index (κ2) is 5.18. The summed E-state index contributed by atoms with van der Waals surface area (Å²) in [6.45, 7) is 6.92. The lowest BCUT2D eigenvalue weighted by molar-refractivity contribution is -0.117. The third-order valence-corrected chi connectivity index (χ3v) is 8.62. The maximum Gasteiger partial charge on any atom is 0.155 e. The number of hydrogen-bond acceptors (Lipinski definition) is 2. The number of aliphatic hydroxyl groups excluding tert-OH is 1. The van der Waals surface area contributed by atoms with Gasteiger partial charge in [-0.2, -0.15) is 0 Å². The van der Waals surface area contributed by atoms with E-state index in [0.29, 0.717) is 17.1 Å². The van der Waals surface area contributed by atoms with Crippen molar-refractivity contribution in [3.05, 3.63) is 11.6 Å². The van der Waals surface area contributed by atoms with Gasteiger partial charge in [0.05, 0.1) is 6.10 Å². The molecule has 1 unspecified atom stereocenters.